The summed E-state index contributed by atoms with van der Waals surface area (Å²) in [5.41, 5.74) is 6.71. The van der Waals surface area contributed by atoms with E-state index in [1.807, 2.05) is 13.2 Å². The molecule has 26 heavy (non-hydrogen) atoms. The summed E-state index contributed by atoms with van der Waals surface area (Å²) in [6, 6.07) is 0. The molecular weight excluding hydrogens is 398 g/mol. The first-order valence-corrected chi connectivity index (χ1v) is 10.0. The summed E-state index contributed by atoms with van der Waals surface area (Å²) in [4.78, 5) is 11.7. The van der Waals surface area contributed by atoms with Crippen molar-refractivity contribution in [2.45, 2.75) is 36.4 Å². The summed E-state index contributed by atoms with van der Waals surface area (Å²) in [7, 11) is 0. The average Bonchev–Trinajstić information content (AvgIpc) is 3.15. The second-order valence-electron chi connectivity index (χ2n) is 6.13. The maximum atomic E-state index is 10.7. The van der Waals surface area contributed by atoms with E-state index in [1.165, 1.54) is 12.7 Å². The summed E-state index contributed by atoms with van der Waals surface area (Å²) in [6.07, 6.45) is 1.79. The third-order valence-corrected chi connectivity index (χ3v) is 5.65. The lowest BCUT2D eigenvalue weighted by atomic mass is 10.1. The van der Waals surface area contributed by atoms with E-state index in [-0.39, 0.29) is 12.4 Å². The average molecular weight is 420 g/mol. The quantitative estimate of drug-likeness (QED) is 0.295. The number of hydrogen-bond donors (Lipinski definition) is 4. The number of rotatable bonds is 7. The van der Waals surface area contributed by atoms with Crippen LogP contribution in [0.15, 0.2) is 12.7 Å². The molecule has 5 atom stereocenters. The van der Waals surface area contributed by atoms with Gasteiger partial charge in [0.2, 0.25) is 0 Å². The van der Waals surface area contributed by atoms with Gasteiger partial charge in [0.15, 0.2) is 17.7 Å². The van der Waals surface area contributed by atoms with E-state index in [9.17, 15) is 5.11 Å². The topological polar surface area (TPSA) is 118 Å². The van der Waals surface area contributed by atoms with Gasteiger partial charge in [0, 0.05) is 5.75 Å². The number of aliphatic hydroxyl groups is 1. The summed E-state index contributed by atoms with van der Waals surface area (Å²) < 4.78 is 18.5. The number of anilines is 1. The van der Waals surface area contributed by atoms with Crippen LogP contribution in [-0.4, -0.2) is 66.5 Å². The van der Waals surface area contributed by atoms with Crippen molar-refractivity contribution in [2.24, 2.45) is 0 Å². The molecule has 1 fully saturated rings. The zero-order valence-electron chi connectivity index (χ0n) is 14.2. The largest absolute Gasteiger partial charge is 0.386 e. The van der Waals surface area contributed by atoms with E-state index >= 15 is 0 Å². The highest BCUT2D eigenvalue weighted by molar-refractivity contribution is 7.99. The molecule has 9 nitrogen and oxygen atoms in total. The Hall–Kier alpha value is -0.760. The first-order chi connectivity index (χ1) is 12.4. The fraction of sp³-hybridized carbons (Fsp3) is 0.643. The third-order valence-electron chi connectivity index (χ3n) is 4.06. The molecule has 0 radical (unpaired) electrons. The minimum atomic E-state index is -0.999. The van der Waals surface area contributed by atoms with E-state index in [2.05, 4.69) is 40.5 Å². The summed E-state index contributed by atoms with van der Waals surface area (Å²) in [5, 5.41) is 10.7. The fourth-order valence-electron chi connectivity index (χ4n) is 2.84. The Bertz CT molecular complexity index is 761. The van der Waals surface area contributed by atoms with Crippen molar-refractivity contribution < 1.29 is 18.8 Å². The van der Waals surface area contributed by atoms with Crippen LogP contribution >= 0.6 is 37.3 Å². The van der Waals surface area contributed by atoms with Crippen LogP contribution in [0.1, 0.15) is 13.2 Å². The fourth-order valence-corrected chi connectivity index (χ4v) is 4.18. The number of thiol groups is 2. The lowest BCUT2D eigenvalue weighted by Gasteiger charge is -2.26. The molecular formula is C14H21N5O4S3. The van der Waals surface area contributed by atoms with Gasteiger partial charge in [0.1, 0.15) is 35.1 Å². The Labute approximate surface area is 166 Å². The Morgan fingerprint density at radius 1 is 1.46 bits per heavy atom. The predicted octanol–water partition coefficient (Wildman–Crippen LogP) is 0.922. The zero-order valence-corrected chi connectivity index (χ0v) is 16.8. The van der Waals surface area contributed by atoms with E-state index < -0.39 is 29.5 Å². The van der Waals surface area contributed by atoms with Gasteiger partial charge in [0.25, 0.3) is 0 Å². The van der Waals surface area contributed by atoms with Gasteiger partial charge in [-0.3, -0.25) is 4.57 Å². The Balaban J connectivity index is 1.80. The molecule has 3 heterocycles. The number of nitrogens with zero attached hydrogens (tertiary/aromatic N) is 4. The first kappa shape index (κ1) is 20.0. The van der Waals surface area contributed by atoms with Gasteiger partial charge < -0.3 is 24.5 Å². The summed E-state index contributed by atoms with van der Waals surface area (Å²) in [6.45, 7) is 2.05. The van der Waals surface area contributed by atoms with Crippen LogP contribution in [0.4, 0.5) is 5.82 Å². The number of hydrogen-bond acceptors (Lipinski definition) is 11. The van der Waals surface area contributed by atoms with Crippen molar-refractivity contribution in [3.05, 3.63) is 12.7 Å². The van der Waals surface area contributed by atoms with Gasteiger partial charge in [0.05, 0.1) is 12.9 Å². The van der Waals surface area contributed by atoms with Gasteiger partial charge in [-0.15, -0.1) is 12.6 Å². The molecule has 0 spiro atoms. The molecule has 2 unspecified atom stereocenters. The molecule has 0 aliphatic carbocycles. The van der Waals surface area contributed by atoms with E-state index in [0.717, 1.165) is 0 Å². The number of thioether (sulfide) groups is 1. The first-order valence-electron chi connectivity index (χ1n) is 7.80. The van der Waals surface area contributed by atoms with Crippen LogP contribution in [0.25, 0.3) is 11.2 Å². The monoisotopic (exact) mass is 419 g/mol. The zero-order chi connectivity index (χ0) is 18.9. The van der Waals surface area contributed by atoms with Crippen molar-refractivity contribution in [2.75, 3.05) is 24.3 Å². The second-order valence-corrected chi connectivity index (χ2v) is 8.15. The lowest BCUT2D eigenvalue weighted by Crippen LogP contribution is -2.37. The highest BCUT2D eigenvalue weighted by Crippen LogP contribution is 2.35. The van der Waals surface area contributed by atoms with Crippen molar-refractivity contribution in [1.82, 2.24) is 19.5 Å². The lowest BCUT2D eigenvalue weighted by molar-refractivity contribution is -0.0778. The van der Waals surface area contributed by atoms with Gasteiger partial charge in [-0.2, -0.15) is 11.8 Å². The Morgan fingerprint density at radius 2 is 2.23 bits per heavy atom. The maximum Gasteiger partial charge on any atom is 0.167 e. The third kappa shape index (κ3) is 3.91. The molecule has 1 aliphatic rings. The highest BCUT2D eigenvalue weighted by Gasteiger charge is 2.46. The molecule has 2 aromatic rings. The van der Waals surface area contributed by atoms with Gasteiger partial charge in [-0.05, 0) is 26.1 Å². The molecule has 144 valence electrons. The summed E-state index contributed by atoms with van der Waals surface area (Å²) in [5.74, 6) is 0.954. The molecule has 2 aromatic heterocycles. The molecule has 0 saturated carbocycles. The maximum absolute atomic E-state index is 10.7. The number of aliphatic hydroxyl groups excluding tert-OH is 1. The van der Waals surface area contributed by atoms with Crippen molar-refractivity contribution in [1.29, 1.82) is 0 Å². The van der Waals surface area contributed by atoms with Crippen molar-refractivity contribution in [3.8, 4) is 0 Å². The van der Waals surface area contributed by atoms with Crippen LogP contribution in [0, 0.1) is 0 Å². The van der Waals surface area contributed by atoms with Crippen molar-refractivity contribution >= 4 is 54.3 Å². The molecule has 3 rings (SSSR count). The number of imidazole rings is 1. The standard InChI is InChI=1S/C14H21N5O4S3/c1-14(24,4-26-2)21-3-7-10(23-25)9(20)13(22-7)19-6-18-8-11(15)16-5-17-12(8)19/h5-7,9-10,13,20,24-25H,3-4H2,1-2H3,(H2,15,16,17)/t7-,9?,10+,13-,14?/m1/s1. The minimum Gasteiger partial charge on any atom is -0.386 e. The molecule has 0 bridgehead atoms. The Morgan fingerprint density at radius 3 is 2.92 bits per heavy atom. The van der Waals surface area contributed by atoms with Crippen LogP contribution < -0.4 is 5.73 Å². The van der Waals surface area contributed by atoms with Crippen LogP contribution in [0.5, 0.6) is 0 Å². The number of aromatic nitrogens is 4. The summed E-state index contributed by atoms with van der Waals surface area (Å²) >= 11 is 10.00. The Kier molecular flexibility index (Phi) is 6.22. The van der Waals surface area contributed by atoms with E-state index in [0.29, 0.717) is 16.9 Å². The number of nitrogens with two attached hydrogens (primary N) is 1. The normalized spacial score (nSPS) is 28.5. The van der Waals surface area contributed by atoms with Gasteiger partial charge in [-0.25, -0.2) is 15.0 Å². The minimum absolute atomic E-state index is 0.184. The number of ether oxygens (including phenoxy) is 2. The van der Waals surface area contributed by atoms with E-state index in [1.54, 1.807) is 16.3 Å². The smallest absolute Gasteiger partial charge is 0.167 e. The van der Waals surface area contributed by atoms with Crippen LogP contribution in [0.2, 0.25) is 0 Å². The number of fused-ring (bicyclic) bond motifs is 1. The molecule has 1 aliphatic heterocycles. The number of nitrogen functional groups attached to an aromatic ring is 1. The molecule has 3 N–H and O–H groups in total. The van der Waals surface area contributed by atoms with Crippen molar-refractivity contribution in [3.63, 3.8) is 0 Å². The molecule has 0 amide bonds. The molecule has 0 aromatic carbocycles. The SMILES string of the molecule is CSCC(C)(S)OC[C@H]1O[C@@H](n2cnc3c(N)ncnc32)C(O)[C@H]1OS. The van der Waals surface area contributed by atoms with E-state index in [4.69, 9.17) is 19.4 Å². The highest BCUT2D eigenvalue weighted by atomic mass is 32.2. The second kappa shape index (κ2) is 8.09. The van der Waals surface area contributed by atoms with Gasteiger partial charge in [-0.1, -0.05) is 0 Å². The molecule has 1 saturated heterocycles. The van der Waals surface area contributed by atoms with Crippen LogP contribution in [0.3, 0.4) is 0 Å². The van der Waals surface area contributed by atoms with Gasteiger partial charge >= 0.3 is 0 Å². The predicted molar refractivity (Wildman–Crippen MR) is 105 cm³/mol. The van der Waals surface area contributed by atoms with Crippen LogP contribution in [-0.2, 0) is 13.7 Å². The molecule has 12 heteroatoms.